The number of alkyl halides is 3. The van der Waals surface area contributed by atoms with Gasteiger partial charge in [-0.05, 0) is 55.7 Å². The molecule has 3 N–H and O–H groups in total. The van der Waals surface area contributed by atoms with Crippen LogP contribution in [0.25, 0.3) is 10.4 Å². The first-order valence-electron chi connectivity index (χ1n) is 11.2. The third kappa shape index (κ3) is 5.28. The van der Waals surface area contributed by atoms with E-state index in [1.165, 1.54) is 23.5 Å². The van der Waals surface area contributed by atoms with Crippen LogP contribution in [0.4, 0.5) is 28.7 Å². The first kappa shape index (κ1) is 25.4. The Morgan fingerprint density at radius 1 is 1.03 bits per heavy atom. The molecule has 2 atom stereocenters. The van der Waals surface area contributed by atoms with Gasteiger partial charge in [-0.2, -0.15) is 13.2 Å². The molecule has 0 unspecified atom stereocenters. The number of urea groups is 1. The van der Waals surface area contributed by atoms with E-state index in [9.17, 15) is 32.7 Å². The lowest BCUT2D eigenvalue weighted by atomic mass is 9.76. The fraction of sp³-hybridized carbons (Fsp3) is 0.269. The maximum Gasteiger partial charge on any atom is 0.416 e. The standard InChI is InChI=1S/C26H23F3N2O4S/c1-25(23(33)34)13-3-6-19(25)22(32)16-9-7-15(8-10-16)20-11-12-21(36-20)31-24(35)30-18-5-2-4-17(14-18)26(27,28)29/h2,4-5,7-12,14,19H,3,6,13H2,1H3,(H,33,34)(H2,30,31,35)/t19-,25+/m0/s1. The van der Waals surface area contributed by atoms with E-state index in [4.69, 9.17) is 0 Å². The van der Waals surface area contributed by atoms with E-state index in [0.29, 0.717) is 29.8 Å². The smallest absolute Gasteiger partial charge is 0.416 e. The van der Waals surface area contributed by atoms with Gasteiger partial charge in [0.1, 0.15) is 0 Å². The summed E-state index contributed by atoms with van der Waals surface area (Å²) in [5.74, 6) is -1.69. The summed E-state index contributed by atoms with van der Waals surface area (Å²) in [6.07, 6.45) is -2.79. The molecule has 1 heterocycles. The van der Waals surface area contributed by atoms with Gasteiger partial charge in [0.05, 0.1) is 16.0 Å². The number of benzene rings is 2. The van der Waals surface area contributed by atoms with Crippen LogP contribution in [0.2, 0.25) is 0 Å². The molecule has 2 amide bonds. The first-order valence-corrected chi connectivity index (χ1v) is 12.0. The Hall–Kier alpha value is -3.66. The number of carbonyl (C=O) groups is 3. The zero-order valence-electron chi connectivity index (χ0n) is 19.2. The Bertz CT molecular complexity index is 1300. The second kappa shape index (κ2) is 9.77. The van der Waals surface area contributed by atoms with E-state index in [0.717, 1.165) is 22.6 Å². The average Bonchev–Trinajstić information content (AvgIpc) is 3.45. The van der Waals surface area contributed by atoms with E-state index in [2.05, 4.69) is 10.6 Å². The number of nitrogens with one attached hydrogen (secondary N) is 2. The van der Waals surface area contributed by atoms with Crippen LogP contribution in [0.1, 0.15) is 42.1 Å². The molecular formula is C26H23F3N2O4S. The number of anilines is 2. The number of ketones is 1. The van der Waals surface area contributed by atoms with E-state index in [-0.39, 0.29) is 11.5 Å². The quantitative estimate of drug-likeness (QED) is 0.303. The third-order valence-electron chi connectivity index (χ3n) is 6.51. The van der Waals surface area contributed by atoms with Crippen molar-refractivity contribution in [3.8, 4) is 10.4 Å². The van der Waals surface area contributed by atoms with Gasteiger partial charge < -0.3 is 10.4 Å². The van der Waals surface area contributed by atoms with Crippen molar-refractivity contribution in [2.24, 2.45) is 11.3 Å². The molecule has 1 fully saturated rings. The topological polar surface area (TPSA) is 95.5 Å². The van der Waals surface area contributed by atoms with Crippen LogP contribution in [0.3, 0.4) is 0 Å². The second-order valence-corrected chi connectivity index (χ2v) is 10.0. The molecule has 0 aliphatic heterocycles. The Morgan fingerprint density at radius 3 is 2.42 bits per heavy atom. The number of carboxylic acids is 1. The van der Waals surface area contributed by atoms with Crippen LogP contribution >= 0.6 is 11.3 Å². The predicted octanol–water partition coefficient (Wildman–Crippen LogP) is 7.15. The van der Waals surface area contributed by atoms with E-state index in [1.54, 1.807) is 43.3 Å². The Morgan fingerprint density at radius 2 is 1.75 bits per heavy atom. The summed E-state index contributed by atoms with van der Waals surface area (Å²) in [7, 11) is 0. The molecule has 6 nitrogen and oxygen atoms in total. The van der Waals surface area contributed by atoms with Gasteiger partial charge >= 0.3 is 18.2 Å². The first-order chi connectivity index (χ1) is 17.0. The number of aliphatic carboxylic acids is 1. The number of amides is 2. The molecule has 0 bridgehead atoms. The van der Waals surface area contributed by atoms with Crippen molar-refractivity contribution in [2.45, 2.75) is 32.4 Å². The summed E-state index contributed by atoms with van der Waals surface area (Å²) in [6.45, 7) is 1.63. The fourth-order valence-corrected chi connectivity index (χ4v) is 5.36. The molecule has 0 saturated heterocycles. The van der Waals surface area contributed by atoms with Gasteiger partial charge in [-0.15, -0.1) is 11.3 Å². The Kier molecular flexibility index (Phi) is 6.90. The molecule has 1 aliphatic rings. The van der Waals surface area contributed by atoms with Gasteiger partial charge in [-0.1, -0.05) is 36.8 Å². The summed E-state index contributed by atoms with van der Waals surface area (Å²) in [4.78, 5) is 37.8. The van der Waals surface area contributed by atoms with Crippen molar-refractivity contribution in [2.75, 3.05) is 10.6 Å². The number of thiophene rings is 1. The monoisotopic (exact) mass is 516 g/mol. The minimum Gasteiger partial charge on any atom is -0.481 e. The number of hydrogen-bond acceptors (Lipinski definition) is 4. The molecule has 0 spiro atoms. The summed E-state index contributed by atoms with van der Waals surface area (Å²) < 4.78 is 38.6. The lowest BCUT2D eigenvalue weighted by Crippen LogP contribution is -2.36. The van der Waals surface area contributed by atoms with Crippen molar-refractivity contribution in [3.05, 3.63) is 71.8 Å². The second-order valence-electron chi connectivity index (χ2n) is 8.93. The minimum atomic E-state index is -4.51. The Balaban J connectivity index is 1.41. The molecule has 4 rings (SSSR count). The van der Waals surface area contributed by atoms with Crippen LogP contribution in [-0.2, 0) is 11.0 Å². The SMILES string of the molecule is C[C@@]1(C(=O)O)CCC[C@H]1C(=O)c1ccc(-c2ccc(NC(=O)Nc3cccc(C(F)(F)F)c3)s2)cc1. The highest BCUT2D eigenvalue weighted by Gasteiger charge is 2.48. The van der Waals surface area contributed by atoms with Gasteiger partial charge in [0, 0.05) is 22.0 Å². The van der Waals surface area contributed by atoms with Gasteiger partial charge in [0.25, 0.3) is 0 Å². The largest absolute Gasteiger partial charge is 0.481 e. The van der Waals surface area contributed by atoms with E-state index < -0.39 is 35.1 Å². The van der Waals surface area contributed by atoms with Crippen LogP contribution in [-0.4, -0.2) is 22.9 Å². The van der Waals surface area contributed by atoms with E-state index in [1.807, 2.05) is 0 Å². The maximum atomic E-state index is 13.0. The molecule has 188 valence electrons. The lowest BCUT2D eigenvalue weighted by molar-refractivity contribution is -0.149. The molecule has 1 aliphatic carbocycles. The zero-order chi connectivity index (χ0) is 26.1. The van der Waals surface area contributed by atoms with Gasteiger partial charge in [0.2, 0.25) is 0 Å². The molecule has 3 aromatic rings. The highest BCUT2D eigenvalue weighted by molar-refractivity contribution is 7.19. The van der Waals surface area contributed by atoms with E-state index >= 15 is 0 Å². The van der Waals surface area contributed by atoms with Crippen molar-refractivity contribution < 1.29 is 32.7 Å². The molecular weight excluding hydrogens is 493 g/mol. The number of hydrogen-bond donors (Lipinski definition) is 3. The Labute approximate surface area is 209 Å². The number of rotatable bonds is 6. The number of carboxylic acid groups (broad SMARTS) is 1. The summed E-state index contributed by atoms with van der Waals surface area (Å²) in [5, 5.41) is 15.1. The lowest BCUT2D eigenvalue weighted by Gasteiger charge is -2.25. The summed E-state index contributed by atoms with van der Waals surface area (Å²) in [5.41, 5.74) is -0.649. The summed E-state index contributed by atoms with van der Waals surface area (Å²) in [6, 6.07) is 14.0. The molecule has 1 saturated carbocycles. The fourth-order valence-electron chi connectivity index (χ4n) is 4.45. The van der Waals surface area contributed by atoms with Gasteiger partial charge in [-0.25, -0.2) is 4.79 Å². The van der Waals surface area contributed by atoms with Crippen molar-refractivity contribution >= 4 is 39.8 Å². The van der Waals surface area contributed by atoms with Gasteiger partial charge in [-0.3, -0.25) is 14.9 Å². The minimum absolute atomic E-state index is 0.0145. The third-order valence-corrected chi connectivity index (χ3v) is 7.56. The van der Waals surface area contributed by atoms with Crippen molar-refractivity contribution in [3.63, 3.8) is 0 Å². The van der Waals surface area contributed by atoms with Crippen LogP contribution < -0.4 is 10.6 Å². The molecule has 10 heteroatoms. The maximum absolute atomic E-state index is 13.0. The van der Waals surface area contributed by atoms with Crippen LogP contribution in [0.15, 0.2) is 60.7 Å². The number of halogens is 3. The summed E-state index contributed by atoms with van der Waals surface area (Å²) >= 11 is 1.26. The number of Topliss-reactive ketones (excluding diaryl/α,β-unsaturated/α-hetero) is 1. The predicted molar refractivity (Wildman–Crippen MR) is 131 cm³/mol. The van der Waals surface area contributed by atoms with Crippen molar-refractivity contribution in [1.82, 2.24) is 0 Å². The molecule has 0 radical (unpaired) electrons. The normalized spacial score (nSPS) is 19.6. The highest BCUT2D eigenvalue weighted by atomic mass is 32.1. The van der Waals surface area contributed by atoms with Crippen molar-refractivity contribution in [1.29, 1.82) is 0 Å². The average molecular weight is 517 g/mol. The number of carbonyl (C=O) groups excluding carboxylic acids is 2. The van der Waals surface area contributed by atoms with Crippen LogP contribution in [0.5, 0.6) is 0 Å². The van der Waals surface area contributed by atoms with Crippen LogP contribution in [0, 0.1) is 11.3 Å². The molecule has 1 aromatic heterocycles. The molecule has 2 aromatic carbocycles. The highest BCUT2D eigenvalue weighted by Crippen LogP contribution is 2.45. The zero-order valence-corrected chi connectivity index (χ0v) is 20.0. The molecule has 36 heavy (non-hydrogen) atoms. The van der Waals surface area contributed by atoms with Gasteiger partial charge in [0.15, 0.2) is 5.78 Å².